The first kappa shape index (κ1) is 21.3. The van der Waals surface area contributed by atoms with Crippen LogP contribution in [0.4, 0.5) is 0 Å². The summed E-state index contributed by atoms with van der Waals surface area (Å²) in [5.41, 5.74) is 1.19. The summed E-state index contributed by atoms with van der Waals surface area (Å²) in [4.78, 5) is 26.6. The molecule has 2 aromatic heterocycles. The SMILES string of the molecule is COCC(=O)N1CCN(S(=O)(=O)c2cnc(-c3cccnc3)nc2C(C)C)CC1. The number of carbonyl (C=O) groups excluding carboxylic acids is 1. The van der Waals surface area contributed by atoms with Crippen LogP contribution in [0.2, 0.25) is 0 Å². The Morgan fingerprint density at radius 3 is 2.52 bits per heavy atom. The number of carbonyl (C=O) groups is 1. The van der Waals surface area contributed by atoms with Crippen molar-refractivity contribution in [1.29, 1.82) is 0 Å². The molecule has 156 valence electrons. The molecule has 0 aliphatic carbocycles. The highest BCUT2D eigenvalue weighted by atomic mass is 32.2. The summed E-state index contributed by atoms with van der Waals surface area (Å²) in [6.07, 6.45) is 4.68. The van der Waals surface area contributed by atoms with Crippen molar-refractivity contribution in [1.82, 2.24) is 24.2 Å². The normalized spacial score (nSPS) is 15.7. The van der Waals surface area contributed by atoms with Crippen LogP contribution in [0.1, 0.15) is 25.5 Å². The zero-order chi connectivity index (χ0) is 21.0. The second kappa shape index (κ2) is 8.93. The summed E-state index contributed by atoms with van der Waals surface area (Å²) in [5.74, 6) is 0.190. The van der Waals surface area contributed by atoms with E-state index < -0.39 is 10.0 Å². The maximum Gasteiger partial charge on any atom is 0.248 e. The molecule has 29 heavy (non-hydrogen) atoms. The summed E-state index contributed by atoms with van der Waals surface area (Å²) in [6, 6.07) is 3.61. The lowest BCUT2D eigenvalue weighted by atomic mass is 10.1. The summed E-state index contributed by atoms with van der Waals surface area (Å²) in [6.45, 7) is 4.89. The van der Waals surface area contributed by atoms with E-state index in [-0.39, 0.29) is 36.4 Å². The van der Waals surface area contributed by atoms with E-state index >= 15 is 0 Å². The highest BCUT2D eigenvalue weighted by molar-refractivity contribution is 7.89. The number of sulfonamides is 1. The number of ether oxygens (including phenoxy) is 1. The number of rotatable bonds is 6. The van der Waals surface area contributed by atoms with Crippen LogP contribution in [0, 0.1) is 0 Å². The third-order valence-corrected chi connectivity index (χ3v) is 6.64. The monoisotopic (exact) mass is 419 g/mol. The van der Waals surface area contributed by atoms with Crippen molar-refractivity contribution in [2.75, 3.05) is 39.9 Å². The van der Waals surface area contributed by atoms with Gasteiger partial charge in [0, 0.05) is 51.2 Å². The van der Waals surface area contributed by atoms with Gasteiger partial charge in [0.15, 0.2) is 5.82 Å². The third-order valence-electron chi connectivity index (χ3n) is 4.73. The second-order valence-corrected chi connectivity index (χ2v) is 8.96. The van der Waals surface area contributed by atoms with Gasteiger partial charge in [-0.3, -0.25) is 9.78 Å². The lowest BCUT2D eigenvalue weighted by Gasteiger charge is -2.34. The molecule has 9 nitrogen and oxygen atoms in total. The molecule has 1 saturated heterocycles. The number of pyridine rings is 1. The van der Waals surface area contributed by atoms with Crippen LogP contribution < -0.4 is 0 Å². The summed E-state index contributed by atoms with van der Waals surface area (Å²) in [5, 5.41) is 0. The maximum atomic E-state index is 13.3. The van der Waals surface area contributed by atoms with Crippen molar-refractivity contribution in [3.05, 3.63) is 36.4 Å². The van der Waals surface area contributed by atoms with Crippen molar-refractivity contribution in [2.45, 2.75) is 24.7 Å². The van der Waals surface area contributed by atoms with Gasteiger partial charge in [0.25, 0.3) is 0 Å². The van der Waals surface area contributed by atoms with Crippen LogP contribution in [0.15, 0.2) is 35.6 Å². The first-order chi connectivity index (χ1) is 13.8. The Hall–Kier alpha value is -2.43. The average Bonchev–Trinajstić information content (AvgIpc) is 2.74. The van der Waals surface area contributed by atoms with Crippen molar-refractivity contribution in [2.24, 2.45) is 0 Å². The van der Waals surface area contributed by atoms with E-state index in [0.29, 0.717) is 24.6 Å². The largest absolute Gasteiger partial charge is 0.375 e. The van der Waals surface area contributed by atoms with Crippen LogP contribution >= 0.6 is 0 Å². The molecule has 0 unspecified atom stereocenters. The van der Waals surface area contributed by atoms with E-state index in [1.165, 1.54) is 17.6 Å². The predicted octanol–water partition coefficient (Wildman–Crippen LogP) is 1.14. The van der Waals surface area contributed by atoms with Gasteiger partial charge in [-0.1, -0.05) is 13.8 Å². The molecule has 0 atom stereocenters. The number of methoxy groups -OCH3 is 1. The topological polar surface area (TPSA) is 106 Å². The smallest absolute Gasteiger partial charge is 0.248 e. The highest BCUT2D eigenvalue weighted by Crippen LogP contribution is 2.27. The Labute approximate surface area is 170 Å². The van der Waals surface area contributed by atoms with Gasteiger partial charge in [-0.25, -0.2) is 18.4 Å². The number of aromatic nitrogens is 3. The van der Waals surface area contributed by atoms with Crippen molar-refractivity contribution in [3.8, 4) is 11.4 Å². The molecular formula is C19H25N5O4S. The van der Waals surface area contributed by atoms with Gasteiger partial charge in [0.1, 0.15) is 11.5 Å². The first-order valence-corrected chi connectivity index (χ1v) is 10.8. The molecule has 10 heteroatoms. The molecule has 2 aromatic rings. The minimum Gasteiger partial charge on any atom is -0.375 e. The zero-order valence-electron chi connectivity index (χ0n) is 16.8. The van der Waals surface area contributed by atoms with Gasteiger partial charge in [-0.15, -0.1) is 0 Å². The molecule has 0 saturated carbocycles. The van der Waals surface area contributed by atoms with Gasteiger partial charge in [0.2, 0.25) is 15.9 Å². The van der Waals surface area contributed by atoms with Gasteiger partial charge in [-0.05, 0) is 18.1 Å². The highest BCUT2D eigenvalue weighted by Gasteiger charge is 2.33. The number of nitrogens with zero attached hydrogens (tertiary/aromatic N) is 5. The Morgan fingerprint density at radius 2 is 1.93 bits per heavy atom. The number of hydrogen-bond acceptors (Lipinski definition) is 7. The van der Waals surface area contributed by atoms with Crippen molar-refractivity contribution >= 4 is 15.9 Å². The molecule has 1 amide bonds. The summed E-state index contributed by atoms with van der Waals surface area (Å²) in [7, 11) is -2.32. The number of piperazine rings is 1. The van der Waals surface area contributed by atoms with E-state index in [9.17, 15) is 13.2 Å². The molecule has 3 rings (SSSR count). The molecule has 0 radical (unpaired) electrons. The molecule has 0 bridgehead atoms. The van der Waals surface area contributed by atoms with Crippen molar-refractivity contribution in [3.63, 3.8) is 0 Å². The van der Waals surface area contributed by atoms with Gasteiger partial charge >= 0.3 is 0 Å². The van der Waals surface area contributed by atoms with Gasteiger partial charge in [0.05, 0.1) is 11.9 Å². The van der Waals surface area contributed by atoms with Crippen LogP contribution in [0.25, 0.3) is 11.4 Å². The number of hydrogen-bond donors (Lipinski definition) is 0. The Balaban J connectivity index is 1.86. The van der Waals surface area contributed by atoms with Crippen LogP contribution in [0.3, 0.4) is 0 Å². The minimum atomic E-state index is -3.77. The van der Waals surface area contributed by atoms with Crippen molar-refractivity contribution < 1.29 is 17.9 Å². The molecule has 1 aliphatic rings. The fraction of sp³-hybridized carbons (Fsp3) is 0.474. The quantitative estimate of drug-likeness (QED) is 0.691. The zero-order valence-corrected chi connectivity index (χ0v) is 17.6. The molecule has 3 heterocycles. The van der Waals surface area contributed by atoms with Crippen LogP contribution in [-0.2, 0) is 19.6 Å². The van der Waals surface area contributed by atoms with Gasteiger partial charge < -0.3 is 9.64 Å². The molecule has 1 fully saturated rings. The van der Waals surface area contributed by atoms with Crippen LogP contribution in [-0.4, -0.2) is 78.4 Å². The Bertz CT molecular complexity index is 958. The fourth-order valence-corrected chi connectivity index (χ4v) is 4.82. The van der Waals surface area contributed by atoms with E-state index in [2.05, 4.69) is 15.0 Å². The van der Waals surface area contributed by atoms with Gasteiger partial charge in [-0.2, -0.15) is 4.31 Å². The summed E-state index contributed by atoms with van der Waals surface area (Å²) < 4.78 is 32.8. The summed E-state index contributed by atoms with van der Waals surface area (Å²) >= 11 is 0. The van der Waals surface area contributed by atoms with Crippen LogP contribution in [0.5, 0.6) is 0 Å². The standard InChI is InChI=1S/C19H25N5O4S/c1-14(2)18-16(12-21-19(22-18)15-5-4-6-20-11-15)29(26,27)24-9-7-23(8-10-24)17(25)13-28-3/h4-6,11-12,14H,7-10,13H2,1-3H3. The maximum absolute atomic E-state index is 13.3. The lowest BCUT2D eigenvalue weighted by molar-refractivity contribution is -0.136. The average molecular weight is 420 g/mol. The molecule has 0 aromatic carbocycles. The van der Waals surface area contributed by atoms with E-state index in [0.717, 1.165) is 5.56 Å². The molecule has 1 aliphatic heterocycles. The first-order valence-electron chi connectivity index (χ1n) is 9.38. The van der Waals surface area contributed by atoms with E-state index in [1.54, 1.807) is 23.4 Å². The fourth-order valence-electron chi connectivity index (χ4n) is 3.16. The lowest BCUT2D eigenvalue weighted by Crippen LogP contribution is -2.51. The Kier molecular flexibility index (Phi) is 6.56. The number of amides is 1. The Morgan fingerprint density at radius 1 is 1.21 bits per heavy atom. The third kappa shape index (κ3) is 4.60. The molecule has 0 spiro atoms. The predicted molar refractivity (Wildman–Crippen MR) is 107 cm³/mol. The molecule has 0 N–H and O–H groups in total. The second-order valence-electron chi connectivity index (χ2n) is 7.06. The van der Waals surface area contributed by atoms with E-state index in [1.807, 2.05) is 19.9 Å². The minimum absolute atomic E-state index is 0.00606. The molecular weight excluding hydrogens is 394 g/mol. The van der Waals surface area contributed by atoms with E-state index in [4.69, 9.17) is 4.74 Å².